The fourth-order valence-electron chi connectivity index (χ4n) is 3.74. The number of halogens is 1. The average molecular weight is 540 g/mol. The predicted molar refractivity (Wildman–Crippen MR) is 141 cm³/mol. The lowest BCUT2D eigenvalue weighted by atomic mass is 10.0. The molecule has 0 aliphatic rings. The number of anilines is 1. The molecule has 3 N–H and O–H groups in total. The number of benzene rings is 4. The van der Waals surface area contributed by atoms with Crippen molar-refractivity contribution in [1.82, 2.24) is 0 Å². The average Bonchev–Trinajstić information content (AvgIpc) is 2.87. The summed E-state index contributed by atoms with van der Waals surface area (Å²) in [7, 11) is -3.10. The number of amides is 1. The first-order valence-corrected chi connectivity index (χ1v) is 12.9. The summed E-state index contributed by atoms with van der Waals surface area (Å²) >= 11 is 6.12. The van der Waals surface area contributed by atoms with Crippen LogP contribution in [0.3, 0.4) is 0 Å². The number of nitrogens with one attached hydrogen (secondary N) is 1. The number of phenols is 1. The molecule has 0 saturated heterocycles. The van der Waals surface area contributed by atoms with Crippen LogP contribution >= 0.6 is 11.6 Å². The highest BCUT2D eigenvalue weighted by Gasteiger charge is 2.20. The van der Waals surface area contributed by atoms with Gasteiger partial charge in [0.2, 0.25) is 0 Å². The van der Waals surface area contributed by atoms with E-state index >= 15 is 0 Å². The summed E-state index contributed by atoms with van der Waals surface area (Å²) in [5.74, 6) is -0.447. The van der Waals surface area contributed by atoms with E-state index in [0.29, 0.717) is 34.2 Å². The molecule has 0 radical (unpaired) electrons. The Morgan fingerprint density at radius 3 is 2.51 bits per heavy atom. The Hall–Kier alpha value is -3.99. The van der Waals surface area contributed by atoms with Gasteiger partial charge in [-0.25, -0.2) is 0 Å². The fraction of sp³-hybridized carbons (Fsp3) is 0.115. The van der Waals surface area contributed by atoms with Gasteiger partial charge in [0.1, 0.15) is 16.3 Å². The van der Waals surface area contributed by atoms with Crippen molar-refractivity contribution in [2.75, 3.05) is 12.4 Å². The molecule has 0 atom stereocenters. The molecule has 0 spiro atoms. The number of hydrogen-bond acceptors (Lipinski definition) is 7. The minimum atomic E-state index is -4.61. The molecule has 0 bridgehead atoms. The number of carbonyl (C=O) groups is 1. The van der Waals surface area contributed by atoms with Crippen LogP contribution in [0.4, 0.5) is 17.1 Å². The molecule has 0 aromatic heterocycles. The van der Waals surface area contributed by atoms with E-state index in [1.165, 1.54) is 19.2 Å². The zero-order chi connectivity index (χ0) is 26.7. The molecular weight excluding hydrogens is 518 g/mol. The lowest BCUT2D eigenvalue weighted by molar-refractivity contribution is 0.102. The number of aryl methyl sites for hydroxylation is 1. The third-order valence-electron chi connectivity index (χ3n) is 5.59. The minimum Gasteiger partial charge on any atom is -0.505 e. The molecule has 4 rings (SSSR count). The summed E-state index contributed by atoms with van der Waals surface area (Å²) in [6.45, 7) is 1.76. The lowest BCUT2D eigenvalue weighted by Gasteiger charge is -2.12. The first-order chi connectivity index (χ1) is 17.6. The molecule has 37 heavy (non-hydrogen) atoms. The number of methoxy groups -OCH3 is 1. The van der Waals surface area contributed by atoms with E-state index in [4.69, 9.17) is 16.3 Å². The molecule has 190 valence electrons. The van der Waals surface area contributed by atoms with Crippen molar-refractivity contribution in [3.63, 3.8) is 0 Å². The summed E-state index contributed by atoms with van der Waals surface area (Å²) in [6, 6.07) is 17.9. The Morgan fingerprint density at radius 1 is 1.05 bits per heavy atom. The molecule has 0 aliphatic heterocycles. The predicted octanol–water partition coefficient (Wildman–Crippen LogP) is 6.68. The Bertz CT molecular complexity index is 1650. The Kier molecular flexibility index (Phi) is 7.44. The van der Waals surface area contributed by atoms with Gasteiger partial charge in [0.05, 0.1) is 23.4 Å². The summed E-state index contributed by atoms with van der Waals surface area (Å²) < 4.78 is 38.3. The van der Waals surface area contributed by atoms with Gasteiger partial charge in [0.25, 0.3) is 16.0 Å². The normalized spacial score (nSPS) is 11.7. The highest BCUT2D eigenvalue weighted by molar-refractivity contribution is 7.86. The number of azo groups is 1. The lowest BCUT2D eigenvalue weighted by Crippen LogP contribution is -2.12. The molecule has 0 saturated carbocycles. The van der Waals surface area contributed by atoms with Gasteiger partial charge in [0.15, 0.2) is 5.75 Å². The number of phenolic OH excluding ortho intramolecular Hbond substituents is 1. The number of ether oxygens (including phenoxy) is 1. The van der Waals surface area contributed by atoms with Crippen molar-refractivity contribution in [3.05, 3.63) is 82.9 Å². The second-order valence-electron chi connectivity index (χ2n) is 7.97. The van der Waals surface area contributed by atoms with Gasteiger partial charge in [-0.15, -0.1) is 5.11 Å². The third kappa shape index (κ3) is 5.56. The number of hydrogen-bond donors (Lipinski definition) is 3. The van der Waals surface area contributed by atoms with Crippen molar-refractivity contribution in [1.29, 1.82) is 0 Å². The number of rotatable bonds is 7. The molecule has 11 heteroatoms. The van der Waals surface area contributed by atoms with Gasteiger partial charge in [-0.3, -0.25) is 9.35 Å². The maximum Gasteiger partial charge on any atom is 0.296 e. The van der Waals surface area contributed by atoms with Crippen LogP contribution < -0.4 is 10.1 Å². The van der Waals surface area contributed by atoms with E-state index < -0.39 is 26.7 Å². The van der Waals surface area contributed by atoms with E-state index in [1.54, 1.807) is 55.5 Å². The van der Waals surface area contributed by atoms with E-state index in [2.05, 4.69) is 15.5 Å². The van der Waals surface area contributed by atoms with Crippen molar-refractivity contribution in [2.45, 2.75) is 18.2 Å². The van der Waals surface area contributed by atoms with Crippen LogP contribution in [-0.4, -0.2) is 31.1 Å². The summed E-state index contributed by atoms with van der Waals surface area (Å²) in [6.07, 6.45) is 0.374. The van der Waals surface area contributed by atoms with Crippen LogP contribution in [0.1, 0.15) is 22.8 Å². The van der Waals surface area contributed by atoms with E-state index in [-0.39, 0.29) is 22.0 Å². The zero-order valence-corrected chi connectivity index (χ0v) is 21.3. The highest BCUT2D eigenvalue weighted by Crippen LogP contribution is 2.40. The van der Waals surface area contributed by atoms with Crippen molar-refractivity contribution < 1.29 is 27.6 Å². The van der Waals surface area contributed by atoms with Crippen LogP contribution in [-0.2, 0) is 16.5 Å². The first kappa shape index (κ1) is 26.1. The third-order valence-corrected chi connectivity index (χ3v) is 7.03. The quantitative estimate of drug-likeness (QED) is 0.177. The van der Waals surface area contributed by atoms with Gasteiger partial charge < -0.3 is 15.2 Å². The van der Waals surface area contributed by atoms with Crippen LogP contribution in [0.25, 0.3) is 10.8 Å². The topological polar surface area (TPSA) is 138 Å². The molecular formula is C26H22ClN3O6S. The number of carbonyl (C=O) groups excluding carboxylic acids is 1. The van der Waals surface area contributed by atoms with E-state index in [1.807, 2.05) is 0 Å². The maximum atomic E-state index is 13.1. The highest BCUT2D eigenvalue weighted by atomic mass is 35.5. The number of aromatic hydroxyl groups is 1. The van der Waals surface area contributed by atoms with Crippen molar-refractivity contribution in [2.24, 2.45) is 10.2 Å². The van der Waals surface area contributed by atoms with Crippen LogP contribution in [0, 0.1) is 0 Å². The second-order valence-corrected chi connectivity index (χ2v) is 9.74. The monoisotopic (exact) mass is 539 g/mol. The van der Waals surface area contributed by atoms with Crippen LogP contribution in [0.5, 0.6) is 11.5 Å². The summed E-state index contributed by atoms with van der Waals surface area (Å²) in [5.41, 5.74) is 0.954. The first-order valence-electron chi connectivity index (χ1n) is 11.0. The standard InChI is InChI=1S/C26H22ClN3O6S/c1-3-15-11-18(14-22(23(15)27)37(33,34)35)29-30-24-20-10-5-4-7-16(20)12-21(25(24)31)26(32)28-17-8-6-9-19(13-17)36-2/h4-14,31H,3H2,1-2H3,(H,28,32)(H,33,34,35). The van der Waals surface area contributed by atoms with E-state index in [9.17, 15) is 22.9 Å². The molecule has 0 aliphatic carbocycles. The minimum absolute atomic E-state index is 0.00953. The van der Waals surface area contributed by atoms with Crippen LogP contribution in [0.2, 0.25) is 5.02 Å². The summed E-state index contributed by atoms with van der Waals surface area (Å²) in [4.78, 5) is 12.6. The van der Waals surface area contributed by atoms with Gasteiger partial charge in [0, 0.05) is 17.1 Å². The molecule has 0 heterocycles. The Labute approximate surface area is 218 Å². The van der Waals surface area contributed by atoms with Gasteiger partial charge in [-0.05, 0) is 47.7 Å². The largest absolute Gasteiger partial charge is 0.505 e. The molecule has 0 fully saturated rings. The summed E-state index contributed by atoms with van der Waals surface area (Å²) in [5, 5.41) is 23.1. The smallest absolute Gasteiger partial charge is 0.296 e. The van der Waals surface area contributed by atoms with E-state index in [0.717, 1.165) is 6.07 Å². The SMILES string of the molecule is CCc1cc(N=Nc2c(O)c(C(=O)Nc3cccc(OC)c3)cc3ccccc23)cc(S(=O)(=O)O)c1Cl. The number of fused-ring (bicyclic) bond motifs is 1. The van der Waals surface area contributed by atoms with Crippen molar-refractivity contribution in [3.8, 4) is 11.5 Å². The Balaban J connectivity index is 1.80. The maximum absolute atomic E-state index is 13.1. The van der Waals surface area contributed by atoms with Gasteiger partial charge >= 0.3 is 0 Å². The van der Waals surface area contributed by atoms with Gasteiger partial charge in [-0.1, -0.05) is 48.9 Å². The molecule has 9 nitrogen and oxygen atoms in total. The fourth-order valence-corrected chi connectivity index (χ4v) is 4.90. The molecule has 4 aromatic carbocycles. The zero-order valence-electron chi connectivity index (χ0n) is 19.8. The van der Waals surface area contributed by atoms with Crippen molar-refractivity contribution >= 4 is 55.5 Å². The van der Waals surface area contributed by atoms with Crippen LogP contribution in [0.15, 0.2) is 81.9 Å². The molecule has 1 amide bonds. The Morgan fingerprint density at radius 2 is 1.81 bits per heavy atom. The van der Waals surface area contributed by atoms with Gasteiger partial charge in [-0.2, -0.15) is 13.5 Å². The molecule has 4 aromatic rings. The second kappa shape index (κ2) is 10.6. The molecule has 0 unspecified atom stereocenters. The number of nitrogens with zero attached hydrogens (tertiary/aromatic N) is 2.